The molecule has 8 nitrogen and oxygen atoms in total. The molecule has 0 aliphatic heterocycles. The van der Waals surface area contributed by atoms with Crippen LogP contribution in [0, 0.1) is 6.92 Å². The second kappa shape index (κ2) is 8.73. The van der Waals surface area contributed by atoms with E-state index in [1.165, 1.54) is 17.5 Å². The van der Waals surface area contributed by atoms with Gasteiger partial charge in [-0.3, -0.25) is 14.8 Å². The highest BCUT2D eigenvalue weighted by molar-refractivity contribution is 7.92. The van der Waals surface area contributed by atoms with Crippen LogP contribution in [0.5, 0.6) is 0 Å². The minimum atomic E-state index is -3.34. The lowest BCUT2D eigenvalue weighted by atomic mass is 10.1. The van der Waals surface area contributed by atoms with Gasteiger partial charge in [0.1, 0.15) is 0 Å². The molecule has 0 aliphatic carbocycles. The third-order valence-electron chi connectivity index (χ3n) is 4.53. The van der Waals surface area contributed by atoms with Crippen LogP contribution in [0.2, 0.25) is 5.02 Å². The maximum absolute atomic E-state index is 12.8. The Hall–Kier alpha value is -3.21. The fourth-order valence-electron chi connectivity index (χ4n) is 3.03. The number of nitrogens with zero attached hydrogens (tertiary/aromatic N) is 3. The van der Waals surface area contributed by atoms with Crippen LogP contribution in [-0.4, -0.2) is 35.3 Å². The number of amides is 1. The highest BCUT2D eigenvalue weighted by Gasteiger charge is 2.17. The van der Waals surface area contributed by atoms with Crippen molar-refractivity contribution in [1.29, 1.82) is 0 Å². The Labute approximate surface area is 193 Å². The summed E-state index contributed by atoms with van der Waals surface area (Å²) in [7, 11) is -3.34. The molecule has 11 heteroatoms. The molecule has 0 fully saturated rings. The number of hydrogen-bond acceptors (Lipinski definition) is 6. The summed E-state index contributed by atoms with van der Waals surface area (Å²) in [6, 6.07) is 14.0. The molecule has 32 heavy (non-hydrogen) atoms. The van der Waals surface area contributed by atoms with Crippen LogP contribution in [-0.2, 0) is 10.0 Å². The third kappa shape index (κ3) is 4.98. The molecule has 4 aromatic rings. The number of hydrogen-bond donors (Lipinski definition) is 2. The van der Waals surface area contributed by atoms with E-state index >= 15 is 0 Å². The van der Waals surface area contributed by atoms with E-state index in [1.54, 1.807) is 41.1 Å². The van der Waals surface area contributed by atoms with Crippen molar-refractivity contribution in [2.45, 2.75) is 6.92 Å². The summed E-state index contributed by atoms with van der Waals surface area (Å²) >= 11 is 7.23. The first-order valence-corrected chi connectivity index (χ1v) is 12.5. The van der Waals surface area contributed by atoms with Crippen LogP contribution >= 0.6 is 22.9 Å². The zero-order valence-corrected chi connectivity index (χ0v) is 19.4. The summed E-state index contributed by atoms with van der Waals surface area (Å²) in [5.74, 6) is -0.309. The van der Waals surface area contributed by atoms with Gasteiger partial charge >= 0.3 is 0 Å². The van der Waals surface area contributed by atoms with E-state index in [2.05, 4.69) is 20.1 Å². The normalized spacial score (nSPS) is 11.3. The van der Waals surface area contributed by atoms with Gasteiger partial charge < -0.3 is 0 Å². The van der Waals surface area contributed by atoms with Gasteiger partial charge in [-0.2, -0.15) is 5.10 Å². The Morgan fingerprint density at radius 1 is 1.09 bits per heavy atom. The Balaban J connectivity index is 1.48. The standard InChI is InChI=1S/C21H18ClN5O3S2/c1-13-18(11-23-27(13)17-9-5-15(22)6-10-17)20(28)25-21-24-19(12-31-21)14-3-7-16(8-4-14)26-32(2,29)30/h3-12,26H,1-2H3,(H,24,25,28). The van der Waals surface area contributed by atoms with Crippen LogP contribution in [0.1, 0.15) is 16.1 Å². The summed E-state index contributed by atoms with van der Waals surface area (Å²) < 4.78 is 26.7. The van der Waals surface area contributed by atoms with Gasteiger partial charge in [0.2, 0.25) is 10.0 Å². The van der Waals surface area contributed by atoms with Crippen LogP contribution in [0.3, 0.4) is 0 Å². The Bertz CT molecular complexity index is 1380. The second-order valence-electron chi connectivity index (χ2n) is 6.98. The van der Waals surface area contributed by atoms with Crippen LogP contribution < -0.4 is 10.0 Å². The predicted octanol–water partition coefficient (Wildman–Crippen LogP) is 4.58. The van der Waals surface area contributed by atoms with E-state index in [4.69, 9.17) is 11.6 Å². The van der Waals surface area contributed by atoms with E-state index in [0.717, 1.165) is 17.5 Å². The number of benzene rings is 2. The molecule has 0 radical (unpaired) electrons. The Morgan fingerprint density at radius 3 is 2.44 bits per heavy atom. The number of rotatable bonds is 6. The van der Waals surface area contributed by atoms with Gasteiger partial charge in [0.15, 0.2) is 5.13 Å². The zero-order valence-electron chi connectivity index (χ0n) is 17.0. The predicted molar refractivity (Wildman–Crippen MR) is 127 cm³/mol. The highest BCUT2D eigenvalue weighted by Crippen LogP contribution is 2.27. The lowest BCUT2D eigenvalue weighted by Crippen LogP contribution is -2.13. The number of carbonyl (C=O) groups is 1. The van der Waals surface area contributed by atoms with Gasteiger partial charge in [0.05, 0.1) is 35.1 Å². The summed E-state index contributed by atoms with van der Waals surface area (Å²) in [4.78, 5) is 17.2. The molecule has 0 spiro atoms. The van der Waals surface area contributed by atoms with Crippen molar-refractivity contribution in [2.24, 2.45) is 0 Å². The van der Waals surface area contributed by atoms with E-state index in [-0.39, 0.29) is 5.91 Å². The minimum absolute atomic E-state index is 0.309. The van der Waals surface area contributed by atoms with Gasteiger partial charge in [-0.05, 0) is 43.3 Å². The van der Waals surface area contributed by atoms with Gasteiger partial charge in [-0.25, -0.2) is 18.1 Å². The van der Waals surface area contributed by atoms with Crippen LogP contribution in [0.4, 0.5) is 10.8 Å². The number of anilines is 2. The topological polar surface area (TPSA) is 106 Å². The Kier molecular flexibility index (Phi) is 6.00. The summed E-state index contributed by atoms with van der Waals surface area (Å²) in [6.45, 7) is 1.82. The van der Waals surface area contributed by atoms with E-state index < -0.39 is 10.0 Å². The fraction of sp³-hybridized carbons (Fsp3) is 0.0952. The summed E-state index contributed by atoms with van der Waals surface area (Å²) in [6.07, 6.45) is 2.61. The molecule has 164 valence electrons. The first kappa shape index (κ1) is 22.0. The molecule has 0 aliphatic rings. The van der Waals surface area contributed by atoms with Crippen molar-refractivity contribution >= 4 is 49.7 Å². The molecule has 0 unspecified atom stereocenters. The summed E-state index contributed by atoms with van der Waals surface area (Å²) in [5.41, 5.74) is 3.87. The first-order valence-electron chi connectivity index (χ1n) is 9.35. The molecule has 4 rings (SSSR count). The molecular weight excluding hydrogens is 470 g/mol. The van der Waals surface area contributed by atoms with Crippen molar-refractivity contribution < 1.29 is 13.2 Å². The molecule has 2 aromatic carbocycles. The number of nitrogens with one attached hydrogen (secondary N) is 2. The molecule has 2 heterocycles. The smallest absolute Gasteiger partial charge is 0.260 e. The van der Waals surface area contributed by atoms with Gasteiger partial charge in [-0.1, -0.05) is 23.7 Å². The lowest BCUT2D eigenvalue weighted by Gasteiger charge is -2.06. The molecule has 0 bridgehead atoms. The highest BCUT2D eigenvalue weighted by atomic mass is 35.5. The number of carbonyl (C=O) groups excluding carboxylic acids is 1. The van der Waals surface area contributed by atoms with Crippen molar-refractivity contribution in [3.05, 3.63) is 76.4 Å². The SMILES string of the molecule is Cc1c(C(=O)Nc2nc(-c3ccc(NS(C)(=O)=O)cc3)cs2)cnn1-c1ccc(Cl)cc1. The van der Waals surface area contributed by atoms with E-state index in [9.17, 15) is 13.2 Å². The summed E-state index contributed by atoms with van der Waals surface area (Å²) in [5, 5.41) is 10.0. The lowest BCUT2D eigenvalue weighted by molar-refractivity contribution is 0.102. The average Bonchev–Trinajstić information content (AvgIpc) is 3.35. The van der Waals surface area contributed by atoms with Gasteiger partial charge in [0, 0.05) is 21.7 Å². The number of thiazole rings is 1. The van der Waals surface area contributed by atoms with Crippen LogP contribution in [0.25, 0.3) is 16.9 Å². The molecular formula is C21H18ClN5O3S2. The Morgan fingerprint density at radius 2 is 1.78 bits per heavy atom. The quantitative estimate of drug-likeness (QED) is 0.414. The largest absolute Gasteiger partial charge is 0.298 e. The molecule has 1 amide bonds. The van der Waals surface area contributed by atoms with Crippen molar-refractivity contribution in [2.75, 3.05) is 16.3 Å². The first-order chi connectivity index (χ1) is 15.2. The van der Waals surface area contributed by atoms with Crippen molar-refractivity contribution in [3.63, 3.8) is 0 Å². The maximum Gasteiger partial charge on any atom is 0.260 e. The molecule has 2 aromatic heterocycles. The molecule has 0 atom stereocenters. The van der Waals surface area contributed by atoms with Crippen molar-refractivity contribution in [1.82, 2.24) is 14.8 Å². The van der Waals surface area contributed by atoms with Gasteiger partial charge in [0.25, 0.3) is 5.91 Å². The molecule has 0 saturated carbocycles. The van der Waals surface area contributed by atoms with Crippen molar-refractivity contribution in [3.8, 4) is 16.9 Å². The molecule has 2 N–H and O–H groups in total. The van der Waals surface area contributed by atoms with Gasteiger partial charge in [-0.15, -0.1) is 11.3 Å². The number of halogens is 1. The maximum atomic E-state index is 12.8. The monoisotopic (exact) mass is 487 g/mol. The molecule has 0 saturated heterocycles. The average molecular weight is 488 g/mol. The van der Waals surface area contributed by atoms with Crippen LogP contribution in [0.15, 0.2) is 60.1 Å². The minimum Gasteiger partial charge on any atom is -0.298 e. The van der Waals surface area contributed by atoms with E-state index in [1.807, 2.05) is 24.4 Å². The van der Waals surface area contributed by atoms with E-state index in [0.29, 0.717) is 32.8 Å². The number of aromatic nitrogens is 3. The fourth-order valence-corrected chi connectivity index (χ4v) is 4.43. The second-order valence-corrected chi connectivity index (χ2v) is 10.0. The zero-order chi connectivity index (χ0) is 22.9. The number of sulfonamides is 1. The third-order valence-corrected chi connectivity index (χ3v) is 6.15.